The van der Waals surface area contributed by atoms with Gasteiger partial charge in [-0.15, -0.1) is 5.10 Å². The van der Waals surface area contributed by atoms with Gasteiger partial charge in [-0.3, -0.25) is 29.1 Å². The summed E-state index contributed by atoms with van der Waals surface area (Å²) in [5, 5.41) is 16.4. The molecule has 2 fully saturated rings. The third-order valence-electron chi connectivity index (χ3n) is 11.4. The second kappa shape index (κ2) is 16.2. The van der Waals surface area contributed by atoms with Crippen LogP contribution in [0.25, 0.3) is 27.9 Å². The van der Waals surface area contributed by atoms with Crippen molar-refractivity contribution >= 4 is 50.2 Å². The zero-order chi connectivity index (χ0) is 42.5. The van der Waals surface area contributed by atoms with Crippen LogP contribution >= 0.6 is 0 Å². The van der Waals surface area contributed by atoms with Crippen LogP contribution in [0.1, 0.15) is 69.0 Å². The molecule has 2 amide bonds. The van der Waals surface area contributed by atoms with Crippen LogP contribution in [0, 0.1) is 12.7 Å². The van der Waals surface area contributed by atoms with E-state index in [2.05, 4.69) is 40.8 Å². The molecule has 2 saturated heterocycles. The second-order valence-electron chi connectivity index (χ2n) is 15.7. The number of anilines is 2. The highest BCUT2D eigenvalue weighted by molar-refractivity contribution is 7.89. The lowest BCUT2D eigenvalue weighted by molar-refractivity contribution is -0.135. The van der Waals surface area contributed by atoms with Gasteiger partial charge in [0.2, 0.25) is 33.4 Å². The number of H-pyrrole nitrogens is 1. The number of carbonyl (C=O) groups is 2. The molecule has 20 heteroatoms. The number of nitrogens with one attached hydrogen (secondary N) is 3. The summed E-state index contributed by atoms with van der Waals surface area (Å²) in [5.41, 5.74) is 3.76. The topological polar surface area (TPSA) is 207 Å². The average molecular weight is 843 g/mol. The van der Waals surface area contributed by atoms with Crippen molar-refractivity contribution in [3.8, 4) is 17.0 Å². The van der Waals surface area contributed by atoms with Crippen molar-refractivity contribution in [3.63, 3.8) is 0 Å². The summed E-state index contributed by atoms with van der Waals surface area (Å²) in [6.45, 7) is 7.77. The number of aryl methyl sites for hydroxylation is 1. The van der Waals surface area contributed by atoms with E-state index in [1.165, 1.54) is 45.8 Å². The van der Waals surface area contributed by atoms with E-state index < -0.39 is 27.8 Å². The minimum Gasteiger partial charge on any atom is -0.485 e. The van der Waals surface area contributed by atoms with Gasteiger partial charge in [0.05, 0.1) is 33.9 Å². The number of benzene rings is 2. The summed E-state index contributed by atoms with van der Waals surface area (Å²) >= 11 is 0. The minimum absolute atomic E-state index is 0.0114. The fraction of sp³-hybridized carbons (Fsp3) is 0.425. The molecule has 4 aromatic heterocycles. The number of piperidine rings is 2. The van der Waals surface area contributed by atoms with Crippen molar-refractivity contribution in [2.75, 3.05) is 38.5 Å². The number of carbonyl (C=O) groups excluding carboxylic acids is 2. The van der Waals surface area contributed by atoms with Gasteiger partial charge in [-0.1, -0.05) is 6.07 Å². The molecule has 3 N–H and O–H groups in total. The minimum atomic E-state index is -4.01. The molecule has 60 heavy (non-hydrogen) atoms. The molecular weight excluding hydrogens is 796 g/mol. The molecular formula is C40H47FN12O6S. The van der Waals surface area contributed by atoms with Crippen LogP contribution in [0.4, 0.5) is 16.0 Å². The number of likely N-dealkylation sites (tertiary alicyclic amines) is 1. The summed E-state index contributed by atoms with van der Waals surface area (Å²) in [6, 6.07) is 7.96. The van der Waals surface area contributed by atoms with E-state index in [1.807, 2.05) is 32.0 Å². The van der Waals surface area contributed by atoms with Gasteiger partial charge >= 0.3 is 5.69 Å². The van der Waals surface area contributed by atoms with Crippen molar-refractivity contribution < 1.29 is 27.1 Å². The summed E-state index contributed by atoms with van der Waals surface area (Å²) < 4.78 is 55.1. The van der Waals surface area contributed by atoms with Crippen LogP contribution in [0.3, 0.4) is 0 Å². The van der Waals surface area contributed by atoms with E-state index in [0.29, 0.717) is 41.1 Å². The molecule has 1 unspecified atom stereocenters. The number of amides is 2. The fourth-order valence-electron chi connectivity index (χ4n) is 8.14. The van der Waals surface area contributed by atoms with Gasteiger partial charge < -0.3 is 15.0 Å². The smallest absolute Gasteiger partial charge is 0.329 e. The number of imide groups is 1. The Morgan fingerprint density at radius 1 is 1.08 bits per heavy atom. The number of nitrogens with zero attached hydrogens (tertiary/aromatic N) is 9. The SMILES string of the molecule is Cc1c(S(=O)(=O)N(C)CCCN2CCC(c3ccc4c(c3)n(C)c(=O)n4C3CCC(=O)NC3=O)CC2)ccc(Nc2nc3c(OC(C)C)c(-c4cn[nH]c4)ncn3n2)c1F. The Kier molecular flexibility index (Phi) is 11.0. The zero-order valence-corrected chi connectivity index (χ0v) is 34.8. The number of hydrogen-bond donors (Lipinski definition) is 3. The van der Waals surface area contributed by atoms with Crippen LogP contribution in [-0.2, 0) is 26.7 Å². The number of aromatic nitrogens is 8. The Morgan fingerprint density at radius 3 is 2.58 bits per heavy atom. The average Bonchev–Trinajstić information content (AvgIpc) is 3.96. The second-order valence-corrected chi connectivity index (χ2v) is 17.7. The maximum atomic E-state index is 15.9. The normalized spacial score (nSPS) is 17.0. The molecule has 316 valence electrons. The Bertz CT molecular complexity index is 2770. The maximum absolute atomic E-state index is 15.9. The molecule has 8 rings (SSSR count). The van der Waals surface area contributed by atoms with Gasteiger partial charge in [-0.2, -0.15) is 14.6 Å². The van der Waals surface area contributed by atoms with E-state index in [9.17, 15) is 22.8 Å². The van der Waals surface area contributed by atoms with E-state index in [4.69, 9.17) is 4.74 Å². The van der Waals surface area contributed by atoms with Crippen molar-refractivity contribution in [1.29, 1.82) is 0 Å². The third kappa shape index (κ3) is 7.65. The number of halogens is 1. The molecule has 2 aromatic carbocycles. The zero-order valence-electron chi connectivity index (χ0n) is 34.0. The molecule has 0 spiro atoms. The first-order valence-corrected chi connectivity index (χ1v) is 21.4. The predicted molar refractivity (Wildman–Crippen MR) is 220 cm³/mol. The van der Waals surface area contributed by atoms with Crippen molar-refractivity contribution in [2.45, 2.75) is 75.8 Å². The van der Waals surface area contributed by atoms with Crippen LogP contribution < -0.4 is 21.1 Å². The maximum Gasteiger partial charge on any atom is 0.329 e. The third-order valence-corrected chi connectivity index (χ3v) is 13.4. The Labute approximate surface area is 344 Å². The summed E-state index contributed by atoms with van der Waals surface area (Å²) in [4.78, 5) is 48.7. The van der Waals surface area contributed by atoms with E-state index in [1.54, 1.807) is 24.0 Å². The first-order valence-electron chi connectivity index (χ1n) is 19.9. The number of ether oxygens (including phenoxy) is 1. The van der Waals surface area contributed by atoms with E-state index >= 15 is 4.39 Å². The largest absolute Gasteiger partial charge is 0.485 e. The predicted octanol–water partition coefficient (Wildman–Crippen LogP) is 4.01. The van der Waals surface area contributed by atoms with Gasteiger partial charge in [0.1, 0.15) is 18.1 Å². The van der Waals surface area contributed by atoms with Gasteiger partial charge in [0.15, 0.2) is 11.6 Å². The first-order chi connectivity index (χ1) is 28.7. The molecule has 0 aliphatic carbocycles. The Balaban J connectivity index is 0.875. The van der Waals surface area contributed by atoms with Crippen molar-refractivity contribution in [3.05, 3.63) is 76.5 Å². The number of imidazole rings is 1. The highest BCUT2D eigenvalue weighted by Gasteiger charge is 2.32. The van der Waals surface area contributed by atoms with Gasteiger partial charge in [-0.05, 0) is 102 Å². The van der Waals surface area contributed by atoms with Gasteiger partial charge in [0.25, 0.3) is 0 Å². The monoisotopic (exact) mass is 842 g/mol. The Morgan fingerprint density at radius 2 is 1.87 bits per heavy atom. The lowest BCUT2D eigenvalue weighted by Gasteiger charge is -2.32. The van der Waals surface area contributed by atoms with E-state index in [0.717, 1.165) is 37.0 Å². The van der Waals surface area contributed by atoms with Crippen LogP contribution in [0.2, 0.25) is 0 Å². The molecule has 0 radical (unpaired) electrons. The summed E-state index contributed by atoms with van der Waals surface area (Å²) in [7, 11) is -0.814. The van der Waals surface area contributed by atoms with Crippen molar-refractivity contribution in [1.82, 2.24) is 53.4 Å². The highest BCUT2D eigenvalue weighted by atomic mass is 32.2. The molecule has 0 saturated carbocycles. The number of rotatable bonds is 13. The summed E-state index contributed by atoms with van der Waals surface area (Å²) in [6.07, 6.45) is 7.40. The molecule has 6 aromatic rings. The lowest BCUT2D eigenvalue weighted by atomic mass is 9.89. The molecule has 18 nitrogen and oxygen atoms in total. The number of aromatic amines is 1. The first kappa shape index (κ1) is 40.8. The van der Waals surface area contributed by atoms with Crippen LogP contribution in [0.5, 0.6) is 5.75 Å². The van der Waals surface area contributed by atoms with Gasteiger partial charge in [-0.25, -0.2) is 26.9 Å². The molecule has 2 aliphatic heterocycles. The standard InChI is InChI=1S/C40H47FN12O6S/c1-23(2)59-36-35(27-20-43-44-21-27)42-22-52-37(36)47-39(48-52)45-28-8-11-32(24(3)34(28)41)60(57,58)49(4)15-6-16-51-17-13-25(14-18-51)26-7-9-29-31(19-26)50(5)40(56)53(29)30-10-12-33(54)46-38(30)55/h7-9,11,19-23,25,30H,6,10,12-18H2,1-5H3,(H,43,44)(H,45,48)(H,46,54,55). The molecule has 6 heterocycles. The van der Waals surface area contributed by atoms with E-state index in [-0.39, 0.29) is 65.1 Å². The molecule has 1 atom stereocenters. The highest BCUT2D eigenvalue weighted by Crippen LogP contribution is 2.34. The summed E-state index contributed by atoms with van der Waals surface area (Å²) in [5.74, 6) is -0.807. The van der Waals surface area contributed by atoms with Crippen molar-refractivity contribution in [2.24, 2.45) is 7.05 Å². The van der Waals surface area contributed by atoms with Gasteiger partial charge in [0, 0.05) is 44.4 Å². The number of fused-ring (bicyclic) bond motifs is 2. The van der Waals surface area contributed by atoms with Crippen LogP contribution in [-0.4, -0.2) is 108 Å². The quantitative estimate of drug-likeness (QED) is 0.141. The fourth-order valence-corrected chi connectivity index (χ4v) is 9.56. The lowest BCUT2D eigenvalue weighted by Crippen LogP contribution is -2.44. The number of sulfonamides is 1. The Hall–Kier alpha value is -5.99. The molecule has 0 bridgehead atoms. The number of hydrogen-bond acceptors (Lipinski definition) is 12. The molecule has 2 aliphatic rings. The van der Waals surface area contributed by atoms with Crippen LogP contribution in [0.15, 0.2) is 58.7 Å².